The second kappa shape index (κ2) is 8.35. The normalized spacial score (nSPS) is 21.4. The molecule has 1 heterocycles. The van der Waals surface area contributed by atoms with Crippen LogP contribution in [0.25, 0.3) is 0 Å². The summed E-state index contributed by atoms with van der Waals surface area (Å²) in [5.74, 6) is 0. The molecule has 0 aliphatic carbocycles. The molecule has 3 nitrogen and oxygen atoms in total. The van der Waals surface area contributed by atoms with Crippen molar-refractivity contribution in [3.05, 3.63) is 33.8 Å². The highest BCUT2D eigenvalue weighted by Crippen LogP contribution is 2.31. The van der Waals surface area contributed by atoms with E-state index in [9.17, 15) is 0 Å². The largest absolute Gasteiger partial charge is 0.378 e. The molecule has 0 aromatic heterocycles. The van der Waals surface area contributed by atoms with Crippen molar-refractivity contribution in [2.45, 2.75) is 31.8 Å². The second-order valence-corrected chi connectivity index (χ2v) is 6.23. The van der Waals surface area contributed by atoms with Crippen LogP contribution in [0.5, 0.6) is 0 Å². The van der Waals surface area contributed by atoms with Crippen LogP contribution < -0.4 is 5.32 Å². The van der Waals surface area contributed by atoms with E-state index in [1.807, 2.05) is 25.2 Å². The molecule has 1 aromatic rings. The van der Waals surface area contributed by atoms with E-state index in [0.717, 1.165) is 44.7 Å². The zero-order valence-electron chi connectivity index (χ0n) is 12.7. The minimum atomic E-state index is 0.219. The highest BCUT2D eigenvalue weighted by molar-refractivity contribution is 6.42. The van der Waals surface area contributed by atoms with Gasteiger partial charge >= 0.3 is 0 Å². The maximum absolute atomic E-state index is 6.34. The van der Waals surface area contributed by atoms with Gasteiger partial charge in [-0.05, 0) is 31.5 Å². The minimum absolute atomic E-state index is 0.219. The van der Waals surface area contributed by atoms with E-state index in [2.05, 4.69) is 17.1 Å². The smallest absolute Gasteiger partial charge is 0.0640 e. The zero-order valence-corrected chi connectivity index (χ0v) is 14.3. The maximum Gasteiger partial charge on any atom is 0.0640 e. The molecule has 0 bridgehead atoms. The van der Waals surface area contributed by atoms with Crippen molar-refractivity contribution in [3.63, 3.8) is 0 Å². The van der Waals surface area contributed by atoms with Gasteiger partial charge in [0, 0.05) is 25.2 Å². The molecule has 1 N–H and O–H groups in total. The summed E-state index contributed by atoms with van der Waals surface area (Å²) in [6, 6.07) is 6.58. The van der Waals surface area contributed by atoms with Crippen molar-refractivity contribution in [2.24, 2.45) is 0 Å². The van der Waals surface area contributed by atoms with Gasteiger partial charge in [0.1, 0.15) is 0 Å². The molecule has 1 fully saturated rings. The standard InChI is InChI=1S/C16H24Cl2N2O/c1-3-12-11-21-10-9-20(12)8-7-15(19-2)13-5-4-6-14(17)16(13)18/h4-6,12,15,19H,3,7-11H2,1-2H3. The van der Waals surface area contributed by atoms with Crippen molar-refractivity contribution in [2.75, 3.05) is 33.4 Å². The molecule has 21 heavy (non-hydrogen) atoms. The number of hydrogen-bond donors (Lipinski definition) is 1. The van der Waals surface area contributed by atoms with E-state index in [1.54, 1.807) is 0 Å². The molecular weight excluding hydrogens is 307 g/mol. The highest BCUT2D eigenvalue weighted by atomic mass is 35.5. The Bertz CT molecular complexity index is 456. The average molecular weight is 331 g/mol. The van der Waals surface area contributed by atoms with E-state index in [1.165, 1.54) is 0 Å². The molecule has 1 aromatic carbocycles. The van der Waals surface area contributed by atoms with Crippen LogP contribution >= 0.6 is 23.2 Å². The van der Waals surface area contributed by atoms with Crippen LogP contribution in [0.3, 0.4) is 0 Å². The molecule has 0 radical (unpaired) electrons. The zero-order chi connectivity index (χ0) is 15.2. The van der Waals surface area contributed by atoms with Crippen molar-refractivity contribution in [3.8, 4) is 0 Å². The molecule has 1 aliphatic heterocycles. The lowest BCUT2D eigenvalue weighted by Crippen LogP contribution is -2.46. The summed E-state index contributed by atoms with van der Waals surface area (Å²) in [6.45, 7) is 5.95. The summed E-state index contributed by atoms with van der Waals surface area (Å²) in [6.07, 6.45) is 2.13. The van der Waals surface area contributed by atoms with Crippen molar-refractivity contribution < 1.29 is 4.74 Å². The topological polar surface area (TPSA) is 24.5 Å². The molecule has 0 spiro atoms. The summed E-state index contributed by atoms with van der Waals surface area (Å²) in [5.41, 5.74) is 1.08. The third-order valence-corrected chi connectivity index (χ3v) is 5.06. The Morgan fingerprint density at radius 3 is 2.95 bits per heavy atom. The molecule has 1 saturated heterocycles. The van der Waals surface area contributed by atoms with E-state index in [0.29, 0.717) is 16.1 Å². The van der Waals surface area contributed by atoms with E-state index >= 15 is 0 Å². The number of halogens is 2. The predicted molar refractivity (Wildman–Crippen MR) is 89.4 cm³/mol. The number of ether oxygens (including phenoxy) is 1. The quantitative estimate of drug-likeness (QED) is 0.859. The van der Waals surface area contributed by atoms with Gasteiger partial charge < -0.3 is 10.1 Å². The number of morpholine rings is 1. The summed E-state index contributed by atoms with van der Waals surface area (Å²) < 4.78 is 5.56. The number of nitrogens with one attached hydrogen (secondary N) is 1. The maximum atomic E-state index is 6.34. The van der Waals surface area contributed by atoms with Crippen LogP contribution in [0.15, 0.2) is 18.2 Å². The third kappa shape index (κ3) is 4.33. The van der Waals surface area contributed by atoms with Crippen molar-refractivity contribution >= 4 is 23.2 Å². The van der Waals surface area contributed by atoms with Crippen LogP contribution in [-0.2, 0) is 4.74 Å². The van der Waals surface area contributed by atoms with Crippen LogP contribution in [-0.4, -0.2) is 44.3 Å². The molecule has 0 saturated carbocycles. The second-order valence-electron chi connectivity index (χ2n) is 5.45. The Labute approximate surface area is 137 Å². The summed E-state index contributed by atoms with van der Waals surface area (Å²) >= 11 is 12.5. The molecule has 118 valence electrons. The van der Waals surface area contributed by atoms with Gasteiger partial charge in [0.25, 0.3) is 0 Å². The van der Waals surface area contributed by atoms with E-state index < -0.39 is 0 Å². The SMILES string of the molecule is CCC1COCCN1CCC(NC)c1cccc(Cl)c1Cl. The fraction of sp³-hybridized carbons (Fsp3) is 0.625. The first-order valence-electron chi connectivity index (χ1n) is 7.60. The van der Waals surface area contributed by atoms with Gasteiger partial charge in [0.05, 0.1) is 23.3 Å². The monoisotopic (exact) mass is 330 g/mol. The molecule has 2 unspecified atom stereocenters. The molecule has 0 amide bonds. The average Bonchev–Trinajstić information content (AvgIpc) is 2.52. The van der Waals surface area contributed by atoms with Crippen molar-refractivity contribution in [1.82, 2.24) is 10.2 Å². The predicted octanol–water partition coefficient (Wildman–Crippen LogP) is 3.75. The van der Waals surface area contributed by atoms with Crippen molar-refractivity contribution in [1.29, 1.82) is 0 Å². The van der Waals surface area contributed by atoms with Gasteiger partial charge in [-0.15, -0.1) is 0 Å². The fourth-order valence-electron chi connectivity index (χ4n) is 2.90. The number of benzene rings is 1. The Hall–Kier alpha value is -0.320. The summed E-state index contributed by atoms with van der Waals surface area (Å²) in [5, 5.41) is 4.64. The fourth-order valence-corrected chi connectivity index (χ4v) is 3.34. The highest BCUT2D eigenvalue weighted by Gasteiger charge is 2.23. The first-order chi connectivity index (χ1) is 10.2. The van der Waals surface area contributed by atoms with Gasteiger partial charge in [-0.2, -0.15) is 0 Å². The molecule has 2 atom stereocenters. The first-order valence-corrected chi connectivity index (χ1v) is 8.36. The summed E-state index contributed by atoms with van der Waals surface area (Å²) in [7, 11) is 1.97. The lowest BCUT2D eigenvalue weighted by molar-refractivity contribution is -0.00997. The lowest BCUT2D eigenvalue weighted by atomic mass is 10.0. The van der Waals surface area contributed by atoms with Crippen LogP contribution in [0.1, 0.15) is 31.4 Å². The van der Waals surface area contributed by atoms with Crippen LogP contribution in [0.2, 0.25) is 10.0 Å². The van der Waals surface area contributed by atoms with Gasteiger partial charge in [-0.25, -0.2) is 0 Å². The first kappa shape index (κ1) is 17.0. The van der Waals surface area contributed by atoms with Gasteiger partial charge in [0.2, 0.25) is 0 Å². The van der Waals surface area contributed by atoms with Gasteiger partial charge in [0.15, 0.2) is 0 Å². The Balaban J connectivity index is 2.00. The molecule has 2 rings (SSSR count). The van der Waals surface area contributed by atoms with E-state index in [4.69, 9.17) is 27.9 Å². The lowest BCUT2D eigenvalue weighted by Gasteiger charge is -2.36. The Morgan fingerprint density at radius 1 is 1.43 bits per heavy atom. The van der Waals surface area contributed by atoms with Gasteiger partial charge in [-0.3, -0.25) is 4.90 Å². The number of hydrogen-bond acceptors (Lipinski definition) is 3. The summed E-state index contributed by atoms with van der Waals surface area (Å²) in [4.78, 5) is 2.52. The molecule has 1 aliphatic rings. The molecular formula is C16H24Cl2N2O. The Morgan fingerprint density at radius 2 is 2.24 bits per heavy atom. The third-order valence-electron chi connectivity index (χ3n) is 4.23. The Kier molecular flexibility index (Phi) is 6.77. The van der Waals surface area contributed by atoms with Crippen LogP contribution in [0, 0.1) is 0 Å². The van der Waals surface area contributed by atoms with Crippen LogP contribution in [0.4, 0.5) is 0 Å². The minimum Gasteiger partial charge on any atom is -0.378 e. The number of nitrogens with zero attached hydrogens (tertiary/aromatic N) is 1. The number of rotatable bonds is 6. The molecule has 5 heteroatoms. The van der Waals surface area contributed by atoms with E-state index in [-0.39, 0.29) is 6.04 Å². The van der Waals surface area contributed by atoms with Gasteiger partial charge in [-0.1, -0.05) is 42.3 Å².